The summed E-state index contributed by atoms with van der Waals surface area (Å²) in [5.41, 5.74) is 2.45. The van der Waals surface area contributed by atoms with Crippen molar-refractivity contribution in [1.29, 1.82) is 0 Å². The Morgan fingerprint density at radius 2 is 1.76 bits per heavy atom. The lowest BCUT2D eigenvalue weighted by Gasteiger charge is -2.14. The number of carbonyl (C=O) groups is 2. The largest absolute Gasteiger partial charge is 0.495 e. The molecular formula is C21H23NO6S. The van der Waals surface area contributed by atoms with Gasteiger partial charge in [0, 0.05) is 18.0 Å². The Morgan fingerprint density at radius 1 is 1.03 bits per heavy atom. The first kappa shape index (κ1) is 21.0. The minimum absolute atomic E-state index is 0.0355. The molecule has 29 heavy (non-hydrogen) atoms. The first-order valence-corrected chi connectivity index (χ1v) is 10.7. The Bertz CT molecular complexity index is 1030. The van der Waals surface area contributed by atoms with Crippen molar-refractivity contribution in [2.45, 2.75) is 36.6 Å². The molecule has 154 valence electrons. The van der Waals surface area contributed by atoms with Crippen LogP contribution in [-0.2, 0) is 32.4 Å². The summed E-state index contributed by atoms with van der Waals surface area (Å²) in [5.74, 6) is -0.282. The van der Waals surface area contributed by atoms with Crippen LogP contribution < -0.4 is 9.46 Å². The van der Waals surface area contributed by atoms with Crippen LogP contribution >= 0.6 is 0 Å². The van der Waals surface area contributed by atoms with E-state index < -0.39 is 16.0 Å². The number of fused-ring (bicyclic) bond motifs is 1. The molecule has 0 bridgehead atoms. The van der Waals surface area contributed by atoms with Crippen molar-refractivity contribution in [2.75, 3.05) is 14.2 Å². The van der Waals surface area contributed by atoms with Gasteiger partial charge in [0.05, 0.1) is 20.6 Å². The van der Waals surface area contributed by atoms with Gasteiger partial charge in [-0.15, -0.1) is 0 Å². The standard InChI is InChI=1S/C21H23NO6S/c1-27-19-5-3-4-6-20(19)29(25,26)22-17-12-14-7-8-15(11-16(14)13-17)18(23)9-10-21(24)28-2/h3-8,11,17,22H,9-10,12-13H2,1-2H3. The van der Waals surface area contributed by atoms with Gasteiger partial charge in [0.25, 0.3) is 0 Å². The first-order chi connectivity index (χ1) is 13.8. The Labute approximate surface area is 170 Å². The topological polar surface area (TPSA) is 98.8 Å². The van der Waals surface area contributed by atoms with Crippen molar-refractivity contribution in [3.8, 4) is 5.75 Å². The number of esters is 1. The monoisotopic (exact) mass is 417 g/mol. The number of methoxy groups -OCH3 is 2. The molecule has 0 aromatic heterocycles. The number of sulfonamides is 1. The maximum Gasteiger partial charge on any atom is 0.305 e. The van der Waals surface area contributed by atoms with Gasteiger partial charge in [-0.05, 0) is 42.2 Å². The highest BCUT2D eigenvalue weighted by molar-refractivity contribution is 7.89. The fourth-order valence-corrected chi connectivity index (χ4v) is 4.87. The van der Waals surface area contributed by atoms with Gasteiger partial charge in [-0.3, -0.25) is 9.59 Å². The number of ether oxygens (including phenoxy) is 2. The van der Waals surface area contributed by atoms with Gasteiger partial charge >= 0.3 is 5.97 Å². The third kappa shape index (κ3) is 4.83. The number of para-hydroxylation sites is 1. The van der Waals surface area contributed by atoms with Gasteiger partial charge in [-0.2, -0.15) is 0 Å². The van der Waals surface area contributed by atoms with Gasteiger partial charge < -0.3 is 9.47 Å². The summed E-state index contributed by atoms with van der Waals surface area (Å²) in [7, 11) is -1.03. The normalized spacial score (nSPS) is 15.6. The minimum Gasteiger partial charge on any atom is -0.495 e. The maximum atomic E-state index is 12.8. The van der Waals surface area contributed by atoms with Crippen LogP contribution in [0.5, 0.6) is 5.75 Å². The predicted octanol–water partition coefficient (Wildman–Crippen LogP) is 2.28. The van der Waals surface area contributed by atoms with Gasteiger partial charge in [0.15, 0.2) is 5.78 Å². The van der Waals surface area contributed by atoms with Crippen molar-refractivity contribution >= 4 is 21.8 Å². The average Bonchev–Trinajstić information content (AvgIpc) is 3.12. The Kier molecular flexibility index (Phi) is 6.34. The Morgan fingerprint density at radius 3 is 2.48 bits per heavy atom. The molecule has 2 aromatic carbocycles. The summed E-state index contributed by atoms with van der Waals surface area (Å²) in [5, 5.41) is 0. The van der Waals surface area contributed by atoms with Crippen LogP contribution in [-0.4, -0.2) is 40.4 Å². The second kappa shape index (κ2) is 8.75. The summed E-state index contributed by atoms with van der Waals surface area (Å²) in [4.78, 5) is 23.6. The number of hydrogen-bond acceptors (Lipinski definition) is 6. The number of carbonyl (C=O) groups excluding carboxylic acids is 2. The molecule has 0 spiro atoms. The number of rotatable bonds is 8. The smallest absolute Gasteiger partial charge is 0.305 e. The van der Waals surface area contributed by atoms with E-state index in [4.69, 9.17) is 4.74 Å². The zero-order chi connectivity index (χ0) is 21.0. The van der Waals surface area contributed by atoms with E-state index in [1.165, 1.54) is 20.3 Å². The molecule has 3 rings (SSSR count). The van der Waals surface area contributed by atoms with E-state index in [9.17, 15) is 18.0 Å². The Balaban J connectivity index is 1.70. The molecule has 0 heterocycles. The second-order valence-corrected chi connectivity index (χ2v) is 8.54. The zero-order valence-electron chi connectivity index (χ0n) is 16.3. The third-order valence-corrected chi connectivity index (χ3v) is 6.49. The molecule has 0 fully saturated rings. The molecule has 0 saturated carbocycles. The van der Waals surface area contributed by atoms with Gasteiger partial charge in [-0.25, -0.2) is 13.1 Å². The summed E-state index contributed by atoms with van der Waals surface area (Å²) in [6.07, 6.45) is 1.14. The van der Waals surface area contributed by atoms with E-state index >= 15 is 0 Å². The van der Waals surface area contributed by atoms with Gasteiger partial charge in [0.2, 0.25) is 10.0 Å². The molecule has 1 atom stereocenters. The number of benzene rings is 2. The lowest BCUT2D eigenvalue weighted by molar-refractivity contribution is -0.140. The van der Waals surface area contributed by atoms with Crippen molar-refractivity contribution in [3.63, 3.8) is 0 Å². The number of ketones is 1. The maximum absolute atomic E-state index is 12.8. The van der Waals surface area contributed by atoms with E-state index in [1.807, 2.05) is 6.07 Å². The van der Waals surface area contributed by atoms with E-state index in [1.54, 1.807) is 30.3 Å². The van der Waals surface area contributed by atoms with Crippen LogP contribution in [0.15, 0.2) is 47.4 Å². The molecule has 7 nitrogen and oxygen atoms in total. The van der Waals surface area contributed by atoms with E-state index in [2.05, 4.69) is 9.46 Å². The fourth-order valence-electron chi connectivity index (χ4n) is 3.46. The van der Waals surface area contributed by atoms with Gasteiger partial charge in [0.1, 0.15) is 10.6 Å². The molecule has 1 aliphatic carbocycles. The van der Waals surface area contributed by atoms with E-state index in [0.717, 1.165) is 11.1 Å². The van der Waals surface area contributed by atoms with Crippen molar-refractivity contribution in [1.82, 2.24) is 4.72 Å². The molecule has 1 unspecified atom stereocenters. The lowest BCUT2D eigenvalue weighted by Crippen LogP contribution is -2.35. The van der Waals surface area contributed by atoms with Crippen molar-refractivity contribution in [2.24, 2.45) is 0 Å². The number of hydrogen-bond donors (Lipinski definition) is 1. The molecule has 8 heteroatoms. The van der Waals surface area contributed by atoms with Crippen LogP contribution in [0.3, 0.4) is 0 Å². The fraction of sp³-hybridized carbons (Fsp3) is 0.333. The zero-order valence-corrected chi connectivity index (χ0v) is 17.1. The quantitative estimate of drug-likeness (QED) is 0.523. The summed E-state index contributed by atoms with van der Waals surface area (Å²) in [6, 6.07) is 11.5. The molecule has 0 saturated heterocycles. The third-order valence-electron chi connectivity index (χ3n) is 4.93. The highest BCUT2D eigenvalue weighted by Crippen LogP contribution is 2.27. The highest BCUT2D eigenvalue weighted by Gasteiger charge is 2.28. The number of Topliss-reactive ketones (excluding diaryl/α,β-unsaturated/α-hetero) is 1. The van der Waals surface area contributed by atoms with E-state index in [-0.39, 0.29) is 35.3 Å². The molecular weight excluding hydrogens is 394 g/mol. The van der Waals surface area contributed by atoms with Crippen LogP contribution in [0.4, 0.5) is 0 Å². The molecule has 0 aliphatic heterocycles. The summed E-state index contributed by atoms with van der Waals surface area (Å²) >= 11 is 0. The van der Waals surface area contributed by atoms with Crippen molar-refractivity contribution in [3.05, 3.63) is 59.2 Å². The van der Waals surface area contributed by atoms with Crippen LogP contribution in [0, 0.1) is 0 Å². The first-order valence-electron chi connectivity index (χ1n) is 9.21. The predicted molar refractivity (Wildman–Crippen MR) is 107 cm³/mol. The van der Waals surface area contributed by atoms with Crippen LogP contribution in [0.25, 0.3) is 0 Å². The summed E-state index contributed by atoms with van der Waals surface area (Å²) < 4.78 is 38.0. The van der Waals surface area contributed by atoms with Crippen LogP contribution in [0.1, 0.15) is 34.3 Å². The SMILES string of the molecule is COC(=O)CCC(=O)c1ccc2c(c1)CC(NS(=O)(=O)c1ccccc1OC)C2. The lowest BCUT2D eigenvalue weighted by atomic mass is 10.0. The van der Waals surface area contributed by atoms with Crippen molar-refractivity contribution < 1.29 is 27.5 Å². The van der Waals surface area contributed by atoms with E-state index in [0.29, 0.717) is 18.4 Å². The molecule has 0 amide bonds. The second-order valence-electron chi connectivity index (χ2n) is 6.86. The van der Waals surface area contributed by atoms with Gasteiger partial charge in [-0.1, -0.05) is 24.3 Å². The molecule has 1 aliphatic rings. The highest BCUT2D eigenvalue weighted by atomic mass is 32.2. The Hall–Kier alpha value is -2.71. The number of nitrogens with one attached hydrogen (secondary N) is 1. The molecule has 1 N–H and O–H groups in total. The molecule has 2 aromatic rings. The molecule has 0 radical (unpaired) electrons. The summed E-state index contributed by atoms with van der Waals surface area (Å²) in [6.45, 7) is 0. The minimum atomic E-state index is -3.75. The average molecular weight is 417 g/mol. The van der Waals surface area contributed by atoms with Crippen LogP contribution in [0.2, 0.25) is 0 Å².